The lowest BCUT2D eigenvalue weighted by molar-refractivity contribution is -0.121. The van der Waals surface area contributed by atoms with Crippen molar-refractivity contribution in [3.63, 3.8) is 0 Å². The summed E-state index contributed by atoms with van der Waals surface area (Å²) in [5.74, 6) is 0.145. The summed E-state index contributed by atoms with van der Waals surface area (Å²) in [7, 11) is 0. The number of ether oxygens (including phenoxy) is 1. The highest BCUT2D eigenvalue weighted by atomic mass is 16.5. The molecule has 6 nitrogen and oxygen atoms in total. The average Bonchev–Trinajstić information content (AvgIpc) is 2.52. The molecule has 1 atom stereocenters. The summed E-state index contributed by atoms with van der Waals surface area (Å²) < 4.78 is 10.9. The molecular weight excluding hydrogens is 324 g/mol. The standard InChI is InChI=1S/C19H24O6/c1-11(2)14(20)9-13-15(24-10-16(21)19(3,4)23)7-5-12-6-8-17(22)25-18(12)13/h5-8,11,16,21,23H,9-10H2,1-4H3/t16-/m0/s1. The molecule has 0 saturated heterocycles. The van der Waals surface area contributed by atoms with Gasteiger partial charge in [0.05, 0.1) is 5.60 Å². The van der Waals surface area contributed by atoms with Crippen molar-refractivity contribution in [2.75, 3.05) is 6.61 Å². The Balaban J connectivity index is 2.44. The van der Waals surface area contributed by atoms with Gasteiger partial charge in [-0.2, -0.15) is 0 Å². The van der Waals surface area contributed by atoms with Crippen LogP contribution in [-0.4, -0.2) is 34.3 Å². The zero-order chi connectivity index (χ0) is 18.8. The summed E-state index contributed by atoms with van der Waals surface area (Å²) >= 11 is 0. The molecular formula is C19H24O6. The number of Topliss-reactive ketones (excluding diaryl/α,β-unsaturated/α-hetero) is 1. The van der Waals surface area contributed by atoms with Crippen molar-refractivity contribution in [2.45, 2.75) is 45.8 Å². The zero-order valence-electron chi connectivity index (χ0n) is 14.9. The molecule has 0 spiro atoms. The highest BCUT2D eigenvalue weighted by Gasteiger charge is 2.26. The van der Waals surface area contributed by atoms with Crippen LogP contribution >= 0.6 is 0 Å². The van der Waals surface area contributed by atoms with Crippen LogP contribution in [0.1, 0.15) is 33.3 Å². The van der Waals surface area contributed by atoms with E-state index in [1.807, 2.05) is 0 Å². The van der Waals surface area contributed by atoms with Crippen LogP contribution < -0.4 is 10.4 Å². The summed E-state index contributed by atoms with van der Waals surface area (Å²) in [5, 5.41) is 20.4. The molecule has 6 heteroatoms. The van der Waals surface area contributed by atoms with E-state index >= 15 is 0 Å². The number of rotatable bonds is 7. The van der Waals surface area contributed by atoms with E-state index in [1.165, 1.54) is 19.9 Å². The third-order valence-electron chi connectivity index (χ3n) is 4.06. The minimum absolute atomic E-state index is 0.0214. The van der Waals surface area contributed by atoms with Crippen LogP contribution in [0.15, 0.2) is 33.5 Å². The zero-order valence-corrected chi connectivity index (χ0v) is 14.9. The molecule has 136 valence electrons. The predicted molar refractivity (Wildman–Crippen MR) is 93.8 cm³/mol. The smallest absolute Gasteiger partial charge is 0.336 e. The molecule has 0 fully saturated rings. The van der Waals surface area contributed by atoms with E-state index in [0.29, 0.717) is 22.3 Å². The first-order chi connectivity index (χ1) is 11.6. The number of carbonyl (C=O) groups excluding carboxylic acids is 1. The molecule has 1 aromatic carbocycles. The number of carbonyl (C=O) groups is 1. The number of fused-ring (bicyclic) bond motifs is 1. The summed E-state index contributed by atoms with van der Waals surface area (Å²) in [5.41, 5.74) is -1.06. The highest BCUT2D eigenvalue weighted by molar-refractivity contribution is 5.90. The molecule has 2 rings (SSSR count). The number of ketones is 1. The first kappa shape index (κ1) is 19.1. The van der Waals surface area contributed by atoms with Gasteiger partial charge in [0, 0.05) is 29.4 Å². The van der Waals surface area contributed by atoms with Gasteiger partial charge in [0.25, 0.3) is 0 Å². The molecule has 1 aromatic heterocycles. The maximum atomic E-state index is 12.2. The van der Waals surface area contributed by atoms with Crippen LogP contribution in [0.3, 0.4) is 0 Å². The average molecular weight is 348 g/mol. The van der Waals surface area contributed by atoms with Crippen LogP contribution in [0.5, 0.6) is 5.75 Å². The summed E-state index contributed by atoms with van der Waals surface area (Å²) in [4.78, 5) is 23.8. The molecule has 0 saturated carbocycles. The lowest BCUT2D eigenvalue weighted by Crippen LogP contribution is -2.40. The van der Waals surface area contributed by atoms with Crippen molar-refractivity contribution in [3.8, 4) is 5.75 Å². The van der Waals surface area contributed by atoms with Crippen LogP contribution in [0.4, 0.5) is 0 Å². The largest absolute Gasteiger partial charge is 0.490 e. The van der Waals surface area contributed by atoms with E-state index in [0.717, 1.165) is 0 Å². The Kier molecular flexibility index (Phi) is 5.65. The van der Waals surface area contributed by atoms with Gasteiger partial charge in [0.1, 0.15) is 29.8 Å². The van der Waals surface area contributed by atoms with E-state index in [2.05, 4.69) is 0 Å². The lowest BCUT2D eigenvalue weighted by atomic mass is 9.98. The van der Waals surface area contributed by atoms with Crippen molar-refractivity contribution in [1.29, 1.82) is 0 Å². The molecule has 0 amide bonds. The number of hydrogen-bond donors (Lipinski definition) is 2. The van der Waals surface area contributed by atoms with Gasteiger partial charge in [0.2, 0.25) is 0 Å². The number of aliphatic hydroxyl groups is 2. The quantitative estimate of drug-likeness (QED) is 0.744. The van der Waals surface area contributed by atoms with Gasteiger partial charge < -0.3 is 19.4 Å². The predicted octanol–water partition coefficient (Wildman–Crippen LogP) is 2.07. The number of hydrogen-bond acceptors (Lipinski definition) is 6. The molecule has 0 aliphatic heterocycles. The molecule has 1 heterocycles. The molecule has 0 unspecified atom stereocenters. The Hall–Kier alpha value is -2.18. The van der Waals surface area contributed by atoms with E-state index in [1.54, 1.807) is 32.0 Å². The minimum atomic E-state index is -1.32. The second kappa shape index (κ2) is 7.37. The Morgan fingerprint density at radius 1 is 1.24 bits per heavy atom. The molecule has 0 radical (unpaired) electrons. The van der Waals surface area contributed by atoms with Crippen molar-refractivity contribution in [1.82, 2.24) is 0 Å². The molecule has 25 heavy (non-hydrogen) atoms. The Bertz CT molecular complexity index is 813. The Morgan fingerprint density at radius 2 is 1.88 bits per heavy atom. The number of benzene rings is 1. The molecule has 2 N–H and O–H groups in total. The van der Waals surface area contributed by atoms with E-state index in [9.17, 15) is 19.8 Å². The minimum Gasteiger partial charge on any atom is -0.490 e. The van der Waals surface area contributed by atoms with Crippen LogP contribution in [0.2, 0.25) is 0 Å². The normalized spacial score (nSPS) is 13.2. The molecule has 0 bridgehead atoms. The maximum absolute atomic E-state index is 12.2. The van der Waals surface area contributed by atoms with E-state index in [-0.39, 0.29) is 24.7 Å². The van der Waals surface area contributed by atoms with Gasteiger partial charge in [-0.25, -0.2) is 4.79 Å². The van der Waals surface area contributed by atoms with Crippen molar-refractivity contribution in [2.24, 2.45) is 5.92 Å². The lowest BCUT2D eigenvalue weighted by Gasteiger charge is -2.25. The van der Waals surface area contributed by atoms with Gasteiger partial charge >= 0.3 is 5.63 Å². The summed E-state index contributed by atoms with van der Waals surface area (Å²) in [6.45, 7) is 6.38. The van der Waals surface area contributed by atoms with Crippen LogP contribution in [0.25, 0.3) is 11.0 Å². The topological polar surface area (TPSA) is 97.0 Å². The van der Waals surface area contributed by atoms with E-state index < -0.39 is 17.3 Å². The van der Waals surface area contributed by atoms with Gasteiger partial charge in [-0.3, -0.25) is 4.79 Å². The SMILES string of the molecule is CC(C)C(=O)Cc1c(OC[C@H](O)C(C)(C)O)ccc2ccc(=O)oc12. The monoisotopic (exact) mass is 348 g/mol. The maximum Gasteiger partial charge on any atom is 0.336 e. The molecule has 2 aromatic rings. The fourth-order valence-electron chi connectivity index (χ4n) is 2.23. The van der Waals surface area contributed by atoms with Gasteiger partial charge in [-0.05, 0) is 32.0 Å². The van der Waals surface area contributed by atoms with Crippen molar-refractivity contribution in [3.05, 3.63) is 40.2 Å². The Labute approximate surface area is 146 Å². The third-order valence-corrected chi connectivity index (χ3v) is 4.06. The molecule has 0 aliphatic carbocycles. The van der Waals surface area contributed by atoms with E-state index in [4.69, 9.17) is 9.15 Å². The second-order valence-corrected chi connectivity index (χ2v) is 6.99. The first-order valence-electron chi connectivity index (χ1n) is 8.21. The summed E-state index contributed by atoms with van der Waals surface area (Å²) in [6, 6.07) is 6.32. The second-order valence-electron chi connectivity index (χ2n) is 6.99. The fourth-order valence-corrected chi connectivity index (χ4v) is 2.23. The van der Waals surface area contributed by atoms with Crippen LogP contribution in [0, 0.1) is 5.92 Å². The van der Waals surface area contributed by atoms with Crippen molar-refractivity contribution < 1.29 is 24.2 Å². The summed E-state index contributed by atoms with van der Waals surface area (Å²) in [6.07, 6.45) is -1.06. The van der Waals surface area contributed by atoms with Gasteiger partial charge in [0.15, 0.2) is 0 Å². The van der Waals surface area contributed by atoms with Gasteiger partial charge in [-0.1, -0.05) is 13.8 Å². The molecule has 0 aliphatic rings. The Morgan fingerprint density at radius 3 is 2.48 bits per heavy atom. The first-order valence-corrected chi connectivity index (χ1v) is 8.21. The fraction of sp³-hybridized carbons (Fsp3) is 0.474. The third kappa shape index (κ3) is 4.67. The van der Waals surface area contributed by atoms with Crippen LogP contribution in [-0.2, 0) is 11.2 Å². The van der Waals surface area contributed by atoms with Gasteiger partial charge in [-0.15, -0.1) is 0 Å². The number of aliphatic hydroxyl groups excluding tert-OH is 1. The van der Waals surface area contributed by atoms with Crippen molar-refractivity contribution >= 4 is 16.8 Å². The highest BCUT2D eigenvalue weighted by Crippen LogP contribution is 2.29.